The average Bonchev–Trinajstić information content (AvgIpc) is 2.99. The molecule has 1 heterocycles. The number of aliphatic imine (C=N–C) groups is 1. The van der Waals surface area contributed by atoms with E-state index in [0.717, 1.165) is 37.1 Å². The van der Waals surface area contributed by atoms with Crippen molar-refractivity contribution in [2.24, 2.45) is 22.2 Å². The normalized spacial score (nSPS) is 11.2. The Bertz CT molecular complexity index is 1490. The Morgan fingerprint density at radius 3 is 2.32 bits per heavy atom. The summed E-state index contributed by atoms with van der Waals surface area (Å²) in [6, 6.07) is 12.8. The monoisotopic (exact) mass is 651 g/mol. The average molecular weight is 652 g/mol. The van der Waals surface area contributed by atoms with Crippen molar-refractivity contribution in [3.63, 3.8) is 0 Å². The number of nitrogens with one attached hydrogen (secondary N) is 4. The Balaban J connectivity index is 0.000000335. The van der Waals surface area contributed by atoms with Crippen molar-refractivity contribution in [2.75, 3.05) is 31.6 Å². The summed E-state index contributed by atoms with van der Waals surface area (Å²) in [5, 5.41) is 18.3. The van der Waals surface area contributed by atoms with E-state index in [2.05, 4.69) is 30.9 Å². The number of H-pyrrole nitrogens is 1. The van der Waals surface area contributed by atoms with Crippen LogP contribution in [0.1, 0.15) is 71.3 Å². The number of hydrogen-bond donors (Lipinski definition) is 8. The van der Waals surface area contributed by atoms with Crippen LogP contribution >= 0.6 is 0 Å². The summed E-state index contributed by atoms with van der Waals surface area (Å²) >= 11 is 0. The van der Waals surface area contributed by atoms with Crippen molar-refractivity contribution in [1.82, 2.24) is 20.6 Å². The summed E-state index contributed by atoms with van der Waals surface area (Å²) in [5.74, 6) is 1.34. The summed E-state index contributed by atoms with van der Waals surface area (Å²) in [6.07, 6.45) is 3.24. The van der Waals surface area contributed by atoms with Crippen LogP contribution in [0.25, 0.3) is 11.1 Å². The molecule has 0 unspecified atom stereocenters. The molecule has 0 atom stereocenters. The fourth-order valence-corrected chi connectivity index (χ4v) is 4.15. The van der Waals surface area contributed by atoms with Gasteiger partial charge in [0.25, 0.3) is 5.56 Å². The van der Waals surface area contributed by atoms with Gasteiger partial charge in [-0.25, -0.2) is 9.78 Å². The van der Waals surface area contributed by atoms with Gasteiger partial charge in [-0.15, -0.1) is 0 Å². The number of aromatic amines is 1. The number of aliphatic hydroxyl groups is 1. The molecule has 0 aliphatic carbocycles. The first kappa shape index (κ1) is 38.7. The van der Waals surface area contributed by atoms with E-state index in [4.69, 9.17) is 21.9 Å². The Labute approximate surface area is 277 Å². The third kappa shape index (κ3) is 14.2. The summed E-state index contributed by atoms with van der Waals surface area (Å²) in [6.45, 7) is 14.7. The fourth-order valence-electron chi connectivity index (χ4n) is 4.15. The van der Waals surface area contributed by atoms with Gasteiger partial charge in [0.1, 0.15) is 11.6 Å². The van der Waals surface area contributed by atoms with Gasteiger partial charge in [-0.05, 0) is 63.9 Å². The molecule has 0 radical (unpaired) electrons. The number of rotatable bonds is 13. The van der Waals surface area contributed by atoms with Gasteiger partial charge < -0.3 is 48.0 Å². The Hall–Kier alpha value is -4.46. The number of amides is 2. The number of benzene rings is 2. The van der Waals surface area contributed by atoms with Gasteiger partial charge in [-0.3, -0.25) is 9.79 Å². The molecule has 11 N–H and O–H groups in total. The largest absolute Gasteiger partial charge is 0.491 e. The minimum Gasteiger partial charge on any atom is -0.491 e. The van der Waals surface area contributed by atoms with E-state index in [1.807, 2.05) is 65.8 Å². The second-order valence-electron chi connectivity index (χ2n) is 13.0. The summed E-state index contributed by atoms with van der Waals surface area (Å²) in [7, 11) is 0. The second kappa shape index (κ2) is 18.6. The number of nitrogens with zero attached hydrogens (tertiary/aromatic N) is 2. The Morgan fingerprint density at radius 1 is 1.04 bits per heavy atom. The number of aliphatic hydroxyl groups excluding tert-OH is 1. The van der Waals surface area contributed by atoms with Gasteiger partial charge >= 0.3 is 6.03 Å². The van der Waals surface area contributed by atoms with Gasteiger partial charge in [0, 0.05) is 35.8 Å². The number of anilines is 1. The Kier molecular flexibility index (Phi) is 15.3. The molecule has 0 saturated carbocycles. The molecule has 0 bridgehead atoms. The first-order valence-electron chi connectivity index (χ1n) is 15.7. The molecule has 13 nitrogen and oxygen atoms in total. The number of guanidine groups is 1. The van der Waals surface area contributed by atoms with E-state index in [9.17, 15) is 14.7 Å². The number of ether oxygens (including phenoxy) is 1. The molecule has 0 spiro atoms. The molecule has 0 aliphatic rings. The third-order valence-electron chi connectivity index (χ3n) is 6.53. The van der Waals surface area contributed by atoms with Crippen LogP contribution in [0, 0.1) is 0 Å². The zero-order chi connectivity index (χ0) is 35.0. The minimum atomic E-state index is -0.348. The maximum Gasteiger partial charge on any atom is 0.319 e. The van der Waals surface area contributed by atoms with Gasteiger partial charge in [-0.2, -0.15) is 0 Å². The van der Waals surface area contributed by atoms with E-state index in [1.54, 1.807) is 24.4 Å². The quantitative estimate of drug-likeness (QED) is 0.0771. The minimum absolute atomic E-state index is 0.115. The predicted octanol–water partition coefficient (Wildman–Crippen LogP) is 3.31. The molecule has 258 valence electrons. The molecule has 3 aromatic rings. The number of nitrogens with two attached hydrogens (primary N) is 3. The molecule has 2 aromatic carbocycles. The smallest absolute Gasteiger partial charge is 0.319 e. The molecular formula is C34H53N9O4. The van der Waals surface area contributed by atoms with Gasteiger partial charge in [-0.1, -0.05) is 57.2 Å². The lowest BCUT2D eigenvalue weighted by Gasteiger charge is -2.22. The molecule has 13 heteroatoms. The molecule has 47 heavy (non-hydrogen) atoms. The summed E-state index contributed by atoms with van der Waals surface area (Å²) in [5.41, 5.74) is 19.0. The highest BCUT2D eigenvalue weighted by atomic mass is 16.5. The van der Waals surface area contributed by atoms with E-state index in [1.165, 1.54) is 0 Å². The van der Waals surface area contributed by atoms with Gasteiger partial charge in [0.05, 0.1) is 24.5 Å². The number of hydrogen-bond acceptors (Lipinski definition) is 8. The summed E-state index contributed by atoms with van der Waals surface area (Å²) < 4.78 is 5.62. The first-order chi connectivity index (χ1) is 22.1. The van der Waals surface area contributed by atoms with Crippen LogP contribution in [0.2, 0.25) is 0 Å². The van der Waals surface area contributed by atoms with Crippen molar-refractivity contribution in [3.05, 3.63) is 76.0 Å². The van der Waals surface area contributed by atoms with Crippen LogP contribution in [-0.4, -0.2) is 58.8 Å². The molecular weight excluding hydrogens is 598 g/mol. The number of urea groups is 1. The second-order valence-corrected chi connectivity index (χ2v) is 13.0. The predicted molar refractivity (Wildman–Crippen MR) is 189 cm³/mol. The van der Waals surface area contributed by atoms with Crippen LogP contribution in [0.15, 0.2) is 58.4 Å². The summed E-state index contributed by atoms with van der Waals surface area (Å²) in [4.78, 5) is 35.6. The van der Waals surface area contributed by atoms with Crippen molar-refractivity contribution in [2.45, 2.75) is 78.5 Å². The number of carbonyl (C=O) groups is 1. The lowest BCUT2D eigenvalue weighted by atomic mass is 9.95. The highest BCUT2D eigenvalue weighted by Gasteiger charge is 2.18. The van der Waals surface area contributed by atoms with Crippen LogP contribution in [0.4, 0.5) is 10.5 Å². The zero-order valence-corrected chi connectivity index (χ0v) is 28.6. The van der Waals surface area contributed by atoms with E-state index in [0.29, 0.717) is 48.1 Å². The Morgan fingerprint density at radius 2 is 1.74 bits per heavy atom. The van der Waals surface area contributed by atoms with Gasteiger partial charge in [0.15, 0.2) is 5.96 Å². The van der Waals surface area contributed by atoms with Crippen LogP contribution in [-0.2, 0) is 18.6 Å². The number of aromatic nitrogens is 2. The SMILES string of the molecule is CC(C)(C)NC(=O)Nc1c(CO)cccc1OCCCN.CC(C)(C)c1ncc(-c2ccc(CNCCCN=C(N)N)cc2)c(=O)[nH]1. The van der Waals surface area contributed by atoms with Crippen molar-refractivity contribution < 1.29 is 14.6 Å². The van der Waals surface area contributed by atoms with E-state index >= 15 is 0 Å². The van der Waals surface area contributed by atoms with Gasteiger partial charge in [0.2, 0.25) is 0 Å². The highest BCUT2D eigenvalue weighted by Crippen LogP contribution is 2.29. The van der Waals surface area contributed by atoms with E-state index in [-0.39, 0.29) is 35.1 Å². The zero-order valence-electron chi connectivity index (χ0n) is 28.6. The van der Waals surface area contributed by atoms with Crippen molar-refractivity contribution >= 4 is 17.7 Å². The molecule has 2 amide bonds. The molecule has 0 saturated heterocycles. The standard InChI is InChI=1S/C19H28N6O.C15H25N3O3/c1-19(2,3)17-24-12-15(16(26)25-17)14-7-5-13(6-8-14)11-22-9-4-10-23-18(20)21;1-15(2,3)18-14(20)17-13-11(10-19)6-4-7-12(13)21-9-5-8-16/h5-8,12,22H,4,9-11H2,1-3H3,(H4,20,21,23)(H,24,25,26);4,6-7,19H,5,8-10,16H2,1-3H3,(H2,17,18,20). The molecule has 1 aromatic heterocycles. The lowest BCUT2D eigenvalue weighted by molar-refractivity contribution is 0.243. The lowest BCUT2D eigenvalue weighted by Crippen LogP contribution is -2.43. The van der Waals surface area contributed by atoms with E-state index < -0.39 is 0 Å². The number of para-hydroxylation sites is 1. The van der Waals surface area contributed by atoms with Crippen LogP contribution in [0.5, 0.6) is 5.75 Å². The molecule has 3 rings (SSSR count). The number of carbonyl (C=O) groups excluding carboxylic acids is 1. The topological polar surface area (TPSA) is 219 Å². The van der Waals surface area contributed by atoms with Crippen molar-refractivity contribution in [1.29, 1.82) is 0 Å². The van der Waals surface area contributed by atoms with Crippen molar-refractivity contribution in [3.8, 4) is 16.9 Å². The maximum atomic E-state index is 12.4. The highest BCUT2D eigenvalue weighted by molar-refractivity contribution is 5.92. The third-order valence-corrected chi connectivity index (χ3v) is 6.53. The van der Waals surface area contributed by atoms with Crippen LogP contribution < -0.4 is 43.4 Å². The molecule has 0 fully saturated rings. The van der Waals surface area contributed by atoms with Crippen LogP contribution in [0.3, 0.4) is 0 Å². The maximum absolute atomic E-state index is 12.4. The molecule has 0 aliphatic heterocycles. The first-order valence-corrected chi connectivity index (χ1v) is 15.7. The fraction of sp³-hybridized carbons (Fsp3) is 0.471.